The number of hydrogen-bond acceptors (Lipinski definition) is 3. The monoisotopic (exact) mass is 349 g/mol. The zero-order valence-electron chi connectivity index (χ0n) is 12.3. The van der Waals surface area contributed by atoms with Gasteiger partial charge in [0.2, 0.25) is 10.0 Å². The minimum Gasteiger partial charge on any atom is -0.342 e. The highest BCUT2D eigenvalue weighted by Gasteiger charge is 2.13. The number of sulfonamides is 1. The Labute approximate surface area is 139 Å². The van der Waals surface area contributed by atoms with Gasteiger partial charge in [0.25, 0.3) is 0 Å². The number of benzene rings is 2. The van der Waals surface area contributed by atoms with E-state index in [9.17, 15) is 8.42 Å². The average molecular weight is 350 g/mol. The number of halogens is 1. The number of hydrogen-bond donors (Lipinski definition) is 2. The number of nitrogens with one attached hydrogen (secondary N) is 2. The molecule has 3 aromatic rings. The van der Waals surface area contributed by atoms with Crippen molar-refractivity contribution in [1.82, 2.24) is 14.7 Å². The summed E-state index contributed by atoms with van der Waals surface area (Å²) in [6, 6.07) is 13.9. The first-order chi connectivity index (χ1) is 11.0. The summed E-state index contributed by atoms with van der Waals surface area (Å²) in [6.45, 7) is 0.349. The van der Waals surface area contributed by atoms with Crippen molar-refractivity contribution in [2.75, 3.05) is 6.54 Å². The quantitative estimate of drug-likeness (QED) is 0.671. The van der Waals surface area contributed by atoms with Gasteiger partial charge >= 0.3 is 0 Å². The van der Waals surface area contributed by atoms with Crippen LogP contribution < -0.4 is 4.72 Å². The van der Waals surface area contributed by atoms with Gasteiger partial charge in [-0.1, -0.05) is 23.7 Å². The summed E-state index contributed by atoms with van der Waals surface area (Å²) in [5, 5.41) is 0.508. The maximum absolute atomic E-state index is 12.1. The number of aryl methyl sites for hydroxylation is 1. The van der Waals surface area contributed by atoms with E-state index in [0.717, 1.165) is 16.9 Å². The number of para-hydroxylation sites is 2. The summed E-state index contributed by atoms with van der Waals surface area (Å²) in [7, 11) is -3.50. The van der Waals surface area contributed by atoms with Crippen molar-refractivity contribution in [3.63, 3.8) is 0 Å². The fraction of sp³-hybridized carbons (Fsp3) is 0.188. The number of fused-ring (bicyclic) bond motifs is 1. The van der Waals surface area contributed by atoms with Gasteiger partial charge in [0, 0.05) is 18.0 Å². The van der Waals surface area contributed by atoms with E-state index in [1.807, 2.05) is 24.3 Å². The molecule has 0 aliphatic carbocycles. The molecule has 0 atom stereocenters. The van der Waals surface area contributed by atoms with E-state index in [2.05, 4.69) is 14.7 Å². The molecular formula is C16H16ClN3O2S. The van der Waals surface area contributed by atoms with E-state index in [0.29, 0.717) is 24.4 Å². The highest BCUT2D eigenvalue weighted by molar-refractivity contribution is 7.89. The lowest BCUT2D eigenvalue weighted by molar-refractivity contribution is 0.578. The van der Waals surface area contributed by atoms with Crippen molar-refractivity contribution < 1.29 is 8.42 Å². The molecule has 0 saturated heterocycles. The summed E-state index contributed by atoms with van der Waals surface area (Å²) in [6.07, 6.45) is 1.34. The highest BCUT2D eigenvalue weighted by Crippen LogP contribution is 2.14. The largest absolute Gasteiger partial charge is 0.342 e. The number of nitrogens with zero attached hydrogens (tertiary/aromatic N) is 1. The van der Waals surface area contributed by atoms with E-state index in [-0.39, 0.29) is 4.90 Å². The Morgan fingerprint density at radius 1 is 1.09 bits per heavy atom. The van der Waals surface area contributed by atoms with E-state index in [4.69, 9.17) is 11.6 Å². The number of aromatic nitrogens is 2. The number of imidazole rings is 1. The second-order valence-electron chi connectivity index (χ2n) is 5.16. The topological polar surface area (TPSA) is 74.8 Å². The normalized spacial score (nSPS) is 11.9. The third-order valence-corrected chi connectivity index (χ3v) is 5.17. The van der Waals surface area contributed by atoms with Crippen molar-refractivity contribution in [3.8, 4) is 0 Å². The summed E-state index contributed by atoms with van der Waals surface area (Å²) >= 11 is 5.76. The first-order valence-corrected chi connectivity index (χ1v) is 9.09. The molecule has 2 N–H and O–H groups in total. The van der Waals surface area contributed by atoms with Crippen LogP contribution in [0.5, 0.6) is 0 Å². The lowest BCUT2D eigenvalue weighted by Gasteiger charge is -2.06. The zero-order valence-corrected chi connectivity index (χ0v) is 13.9. The van der Waals surface area contributed by atoms with Crippen LogP contribution >= 0.6 is 11.6 Å². The SMILES string of the molecule is O=S(=O)(NCCCc1nc2ccccc2[nH]1)c1ccc(Cl)cc1. The maximum Gasteiger partial charge on any atom is 0.240 e. The molecule has 0 aliphatic heterocycles. The molecule has 7 heteroatoms. The molecule has 0 unspecified atom stereocenters. The summed E-state index contributed by atoms with van der Waals surface area (Å²) < 4.78 is 26.8. The van der Waals surface area contributed by atoms with E-state index < -0.39 is 10.0 Å². The number of rotatable bonds is 6. The third kappa shape index (κ3) is 3.90. The van der Waals surface area contributed by atoms with Gasteiger partial charge in [0.1, 0.15) is 5.82 Å². The van der Waals surface area contributed by atoms with Crippen LogP contribution in [0, 0.1) is 0 Å². The van der Waals surface area contributed by atoms with Crippen LogP contribution in [0.2, 0.25) is 5.02 Å². The smallest absolute Gasteiger partial charge is 0.240 e. The van der Waals surface area contributed by atoms with Gasteiger partial charge in [-0.2, -0.15) is 0 Å². The maximum atomic E-state index is 12.1. The molecule has 0 spiro atoms. The van der Waals surface area contributed by atoms with E-state index in [1.54, 1.807) is 12.1 Å². The minimum atomic E-state index is -3.50. The standard InChI is InChI=1S/C16H16ClN3O2S/c17-12-7-9-13(10-8-12)23(21,22)18-11-3-6-16-19-14-4-1-2-5-15(14)20-16/h1-2,4-5,7-10,18H,3,6,11H2,(H,19,20). The molecule has 0 fully saturated rings. The second-order valence-corrected chi connectivity index (χ2v) is 7.36. The molecule has 120 valence electrons. The number of aromatic amines is 1. The van der Waals surface area contributed by atoms with Gasteiger partial charge in [0.05, 0.1) is 15.9 Å². The highest BCUT2D eigenvalue weighted by atomic mass is 35.5. The number of H-pyrrole nitrogens is 1. The lowest BCUT2D eigenvalue weighted by Crippen LogP contribution is -2.25. The molecule has 0 radical (unpaired) electrons. The van der Waals surface area contributed by atoms with Gasteiger partial charge in [-0.3, -0.25) is 0 Å². The zero-order chi connectivity index (χ0) is 16.3. The van der Waals surface area contributed by atoms with Crippen LogP contribution in [-0.2, 0) is 16.4 Å². The van der Waals surface area contributed by atoms with Gasteiger partial charge in [0.15, 0.2) is 0 Å². The molecule has 5 nitrogen and oxygen atoms in total. The molecule has 0 saturated carbocycles. The third-order valence-electron chi connectivity index (χ3n) is 3.44. The van der Waals surface area contributed by atoms with Crippen LogP contribution in [-0.4, -0.2) is 24.9 Å². The van der Waals surface area contributed by atoms with E-state index >= 15 is 0 Å². The Morgan fingerprint density at radius 3 is 2.57 bits per heavy atom. The molecule has 1 aromatic heterocycles. The molecule has 3 rings (SSSR count). The van der Waals surface area contributed by atoms with Crippen LogP contribution in [0.1, 0.15) is 12.2 Å². The fourth-order valence-corrected chi connectivity index (χ4v) is 3.48. The first-order valence-electron chi connectivity index (χ1n) is 7.23. The average Bonchev–Trinajstić information content (AvgIpc) is 2.95. The molecule has 0 bridgehead atoms. The summed E-state index contributed by atoms with van der Waals surface area (Å²) in [5.41, 5.74) is 1.91. The second kappa shape index (κ2) is 6.70. The Bertz CT molecular complexity index is 871. The summed E-state index contributed by atoms with van der Waals surface area (Å²) in [4.78, 5) is 7.91. The van der Waals surface area contributed by atoms with Crippen LogP contribution in [0.3, 0.4) is 0 Å². The fourth-order valence-electron chi connectivity index (χ4n) is 2.28. The minimum absolute atomic E-state index is 0.214. The molecule has 2 aromatic carbocycles. The molecular weight excluding hydrogens is 334 g/mol. The lowest BCUT2D eigenvalue weighted by atomic mass is 10.3. The van der Waals surface area contributed by atoms with Gasteiger partial charge in [-0.25, -0.2) is 18.1 Å². The molecule has 0 aliphatic rings. The van der Waals surface area contributed by atoms with Crippen molar-refractivity contribution in [2.24, 2.45) is 0 Å². The Balaban J connectivity index is 1.55. The van der Waals surface area contributed by atoms with Gasteiger partial charge < -0.3 is 4.98 Å². The Hall–Kier alpha value is -1.89. The van der Waals surface area contributed by atoms with Crippen molar-refractivity contribution >= 4 is 32.7 Å². The van der Waals surface area contributed by atoms with Crippen LogP contribution in [0.25, 0.3) is 11.0 Å². The first kappa shape index (κ1) is 16.0. The predicted molar refractivity (Wildman–Crippen MR) is 91.1 cm³/mol. The van der Waals surface area contributed by atoms with Crippen molar-refractivity contribution in [3.05, 3.63) is 59.4 Å². The van der Waals surface area contributed by atoms with E-state index in [1.165, 1.54) is 12.1 Å². The van der Waals surface area contributed by atoms with Crippen molar-refractivity contribution in [2.45, 2.75) is 17.7 Å². The Kier molecular flexibility index (Phi) is 4.66. The Morgan fingerprint density at radius 2 is 1.83 bits per heavy atom. The predicted octanol–water partition coefficient (Wildman–Crippen LogP) is 3.13. The van der Waals surface area contributed by atoms with Crippen LogP contribution in [0.4, 0.5) is 0 Å². The molecule has 0 amide bonds. The van der Waals surface area contributed by atoms with Crippen LogP contribution in [0.15, 0.2) is 53.4 Å². The summed E-state index contributed by atoms with van der Waals surface area (Å²) in [5.74, 6) is 0.858. The molecule has 23 heavy (non-hydrogen) atoms. The van der Waals surface area contributed by atoms with Crippen molar-refractivity contribution in [1.29, 1.82) is 0 Å². The van der Waals surface area contributed by atoms with Gasteiger partial charge in [-0.05, 0) is 42.8 Å². The molecule has 1 heterocycles. The van der Waals surface area contributed by atoms with Gasteiger partial charge in [-0.15, -0.1) is 0 Å².